The second-order valence-corrected chi connectivity index (χ2v) is 7.38. The van der Waals surface area contributed by atoms with Crippen molar-refractivity contribution in [3.63, 3.8) is 0 Å². The molecule has 1 aliphatic heterocycles. The molecule has 2 amide bonds. The Morgan fingerprint density at radius 3 is 2.73 bits per heavy atom. The first-order valence-corrected chi connectivity index (χ1v) is 8.78. The topological polar surface area (TPSA) is 110 Å². The van der Waals surface area contributed by atoms with E-state index in [1.54, 1.807) is 18.2 Å². The van der Waals surface area contributed by atoms with Crippen LogP contribution in [0.5, 0.6) is 0 Å². The highest BCUT2D eigenvalue weighted by Crippen LogP contribution is 2.21. The van der Waals surface area contributed by atoms with Crippen molar-refractivity contribution in [2.75, 3.05) is 24.7 Å². The van der Waals surface area contributed by atoms with Gasteiger partial charge in [-0.25, -0.2) is 12.7 Å². The zero-order chi connectivity index (χ0) is 16.3. The molecular weight excluding hydrogens is 306 g/mol. The van der Waals surface area contributed by atoms with Crippen molar-refractivity contribution in [3.8, 4) is 0 Å². The number of primary amides is 1. The summed E-state index contributed by atoms with van der Waals surface area (Å²) in [6.45, 7) is 0.625. The number of benzene rings is 1. The molecule has 1 heterocycles. The summed E-state index contributed by atoms with van der Waals surface area (Å²) < 4.78 is 24.5. The van der Waals surface area contributed by atoms with Crippen molar-refractivity contribution in [3.05, 3.63) is 29.8 Å². The predicted octanol–water partition coefficient (Wildman–Crippen LogP) is 0.396. The molecule has 0 bridgehead atoms. The first kappa shape index (κ1) is 16.4. The molecule has 0 saturated carbocycles. The number of sulfonamides is 1. The summed E-state index contributed by atoms with van der Waals surface area (Å²) in [7, 11) is -3.29. The SMILES string of the molecule is CS(=O)(=O)N1CCC[C@H](C(=O)Nc2cccc(C(N)=O)c2)C1. The van der Waals surface area contributed by atoms with Gasteiger partial charge < -0.3 is 11.1 Å². The molecule has 0 spiro atoms. The molecule has 0 aliphatic carbocycles. The molecule has 1 aromatic rings. The Morgan fingerprint density at radius 2 is 2.09 bits per heavy atom. The fourth-order valence-corrected chi connectivity index (χ4v) is 3.36. The number of hydrogen-bond donors (Lipinski definition) is 2. The van der Waals surface area contributed by atoms with Crippen LogP contribution in [0.2, 0.25) is 0 Å². The van der Waals surface area contributed by atoms with E-state index in [1.165, 1.54) is 10.4 Å². The van der Waals surface area contributed by atoms with E-state index in [-0.39, 0.29) is 12.5 Å². The monoisotopic (exact) mass is 325 g/mol. The molecule has 22 heavy (non-hydrogen) atoms. The lowest BCUT2D eigenvalue weighted by Crippen LogP contribution is -2.43. The minimum atomic E-state index is -3.29. The molecule has 120 valence electrons. The zero-order valence-electron chi connectivity index (χ0n) is 12.3. The third kappa shape index (κ3) is 4.05. The largest absolute Gasteiger partial charge is 0.366 e. The number of nitrogens with two attached hydrogens (primary N) is 1. The van der Waals surface area contributed by atoms with Crippen LogP contribution in [-0.2, 0) is 14.8 Å². The van der Waals surface area contributed by atoms with Crippen molar-refractivity contribution in [1.29, 1.82) is 0 Å². The van der Waals surface area contributed by atoms with Crippen LogP contribution in [0.4, 0.5) is 5.69 Å². The first-order valence-electron chi connectivity index (χ1n) is 6.93. The highest BCUT2D eigenvalue weighted by molar-refractivity contribution is 7.88. The molecule has 1 aliphatic rings. The van der Waals surface area contributed by atoms with Gasteiger partial charge in [-0.05, 0) is 31.0 Å². The van der Waals surface area contributed by atoms with Gasteiger partial charge in [0, 0.05) is 24.3 Å². The van der Waals surface area contributed by atoms with Gasteiger partial charge in [0.25, 0.3) is 0 Å². The Kier molecular flexibility index (Phi) is 4.82. The third-order valence-corrected chi connectivity index (χ3v) is 4.91. The average molecular weight is 325 g/mol. The number of nitrogens with one attached hydrogen (secondary N) is 1. The zero-order valence-corrected chi connectivity index (χ0v) is 13.1. The van der Waals surface area contributed by atoms with E-state index in [2.05, 4.69) is 5.32 Å². The van der Waals surface area contributed by atoms with E-state index < -0.39 is 21.8 Å². The van der Waals surface area contributed by atoms with Gasteiger partial charge in [-0.15, -0.1) is 0 Å². The lowest BCUT2D eigenvalue weighted by atomic mass is 9.98. The minimum Gasteiger partial charge on any atom is -0.366 e. The lowest BCUT2D eigenvalue weighted by molar-refractivity contribution is -0.120. The molecule has 3 N–H and O–H groups in total. The molecule has 0 radical (unpaired) electrons. The standard InChI is InChI=1S/C14H19N3O4S/c1-22(20,21)17-7-3-5-11(9-17)14(19)16-12-6-2-4-10(8-12)13(15)18/h2,4,6,8,11H,3,5,7,9H2,1H3,(H2,15,18)(H,16,19)/t11-/m0/s1. The van der Waals surface area contributed by atoms with Crippen molar-refractivity contribution in [1.82, 2.24) is 4.31 Å². The fraction of sp³-hybridized carbons (Fsp3) is 0.429. The maximum absolute atomic E-state index is 12.3. The van der Waals surface area contributed by atoms with E-state index in [0.29, 0.717) is 30.6 Å². The van der Waals surface area contributed by atoms with Crippen molar-refractivity contribution in [2.45, 2.75) is 12.8 Å². The number of carbonyl (C=O) groups excluding carboxylic acids is 2. The summed E-state index contributed by atoms with van der Waals surface area (Å²) in [6, 6.07) is 6.34. The summed E-state index contributed by atoms with van der Waals surface area (Å²) in [4.78, 5) is 23.4. The van der Waals surface area contributed by atoms with E-state index in [1.807, 2.05) is 0 Å². The normalized spacial score (nSPS) is 19.6. The third-order valence-electron chi connectivity index (χ3n) is 3.64. The molecule has 1 saturated heterocycles. The number of hydrogen-bond acceptors (Lipinski definition) is 4. The summed E-state index contributed by atoms with van der Waals surface area (Å²) >= 11 is 0. The van der Waals surface area contributed by atoms with Crippen LogP contribution in [0.25, 0.3) is 0 Å². The number of amides is 2. The summed E-state index contributed by atoms with van der Waals surface area (Å²) in [5, 5.41) is 2.71. The van der Waals surface area contributed by atoms with E-state index in [4.69, 9.17) is 5.73 Å². The Labute approximate surface area is 129 Å². The number of nitrogens with zero attached hydrogens (tertiary/aromatic N) is 1. The van der Waals surface area contributed by atoms with Crippen LogP contribution in [0.3, 0.4) is 0 Å². The van der Waals surface area contributed by atoms with Crippen molar-refractivity contribution in [2.24, 2.45) is 11.7 Å². The summed E-state index contributed by atoms with van der Waals surface area (Å²) in [5.74, 6) is -1.23. The number of rotatable bonds is 4. The van der Waals surface area contributed by atoms with Crippen LogP contribution >= 0.6 is 0 Å². The van der Waals surface area contributed by atoms with Gasteiger partial charge in [0.05, 0.1) is 12.2 Å². The number of piperidine rings is 1. The van der Waals surface area contributed by atoms with Crippen molar-refractivity contribution < 1.29 is 18.0 Å². The maximum Gasteiger partial charge on any atom is 0.248 e. The minimum absolute atomic E-state index is 0.181. The van der Waals surface area contributed by atoms with Gasteiger partial charge in [0.15, 0.2) is 0 Å². The molecule has 1 aromatic carbocycles. The van der Waals surface area contributed by atoms with E-state index >= 15 is 0 Å². The average Bonchev–Trinajstić information content (AvgIpc) is 2.46. The van der Waals surface area contributed by atoms with Gasteiger partial charge in [0.1, 0.15) is 0 Å². The van der Waals surface area contributed by atoms with Gasteiger partial charge in [-0.3, -0.25) is 9.59 Å². The highest BCUT2D eigenvalue weighted by Gasteiger charge is 2.30. The smallest absolute Gasteiger partial charge is 0.248 e. The number of carbonyl (C=O) groups is 2. The lowest BCUT2D eigenvalue weighted by Gasteiger charge is -2.30. The Morgan fingerprint density at radius 1 is 1.36 bits per heavy atom. The van der Waals surface area contributed by atoms with E-state index in [0.717, 1.165) is 6.26 Å². The van der Waals surface area contributed by atoms with Crippen LogP contribution in [0, 0.1) is 5.92 Å². The Bertz CT molecular complexity index is 687. The van der Waals surface area contributed by atoms with Gasteiger partial charge in [-0.2, -0.15) is 0 Å². The number of anilines is 1. The molecule has 2 rings (SSSR count). The molecule has 0 unspecified atom stereocenters. The molecule has 7 nitrogen and oxygen atoms in total. The molecule has 8 heteroatoms. The molecule has 1 atom stereocenters. The van der Waals surface area contributed by atoms with Crippen LogP contribution < -0.4 is 11.1 Å². The molecule has 1 fully saturated rings. The first-order chi connectivity index (χ1) is 10.3. The second-order valence-electron chi connectivity index (χ2n) is 5.39. The quantitative estimate of drug-likeness (QED) is 0.834. The maximum atomic E-state index is 12.3. The van der Waals surface area contributed by atoms with Gasteiger partial charge in [-0.1, -0.05) is 6.07 Å². The van der Waals surface area contributed by atoms with E-state index in [9.17, 15) is 18.0 Å². The summed E-state index contributed by atoms with van der Waals surface area (Å²) in [6.07, 6.45) is 2.42. The van der Waals surface area contributed by atoms with Gasteiger partial charge in [0.2, 0.25) is 21.8 Å². The Balaban J connectivity index is 2.06. The predicted molar refractivity (Wildman–Crippen MR) is 82.7 cm³/mol. The molecule has 0 aromatic heterocycles. The second kappa shape index (κ2) is 6.45. The van der Waals surface area contributed by atoms with Crippen LogP contribution in [0.15, 0.2) is 24.3 Å². The van der Waals surface area contributed by atoms with Crippen LogP contribution in [-0.4, -0.2) is 43.9 Å². The summed E-state index contributed by atoms with van der Waals surface area (Å²) in [5.41, 5.74) is 5.97. The van der Waals surface area contributed by atoms with Crippen molar-refractivity contribution >= 4 is 27.5 Å². The van der Waals surface area contributed by atoms with Gasteiger partial charge >= 0.3 is 0 Å². The fourth-order valence-electron chi connectivity index (χ4n) is 2.45. The Hall–Kier alpha value is -1.93. The molecular formula is C14H19N3O4S. The van der Waals surface area contributed by atoms with Crippen LogP contribution in [0.1, 0.15) is 23.2 Å². The highest BCUT2D eigenvalue weighted by atomic mass is 32.2.